The third-order valence-electron chi connectivity index (χ3n) is 7.37. The Kier molecular flexibility index (Phi) is 10.7. The highest BCUT2D eigenvalue weighted by molar-refractivity contribution is 5.89. The van der Waals surface area contributed by atoms with Gasteiger partial charge in [0.05, 0.1) is 18.8 Å². The fraction of sp³-hybridized carbons (Fsp3) is 0.333. The summed E-state index contributed by atoms with van der Waals surface area (Å²) in [4.78, 5) is 38.2. The van der Waals surface area contributed by atoms with Gasteiger partial charge in [0, 0.05) is 12.3 Å². The zero-order valence-corrected chi connectivity index (χ0v) is 23.5. The molecule has 0 heterocycles. The van der Waals surface area contributed by atoms with Crippen LogP contribution < -0.4 is 10.6 Å². The van der Waals surface area contributed by atoms with E-state index in [1.54, 1.807) is 6.92 Å². The van der Waals surface area contributed by atoms with Crippen LogP contribution >= 0.6 is 0 Å². The van der Waals surface area contributed by atoms with Crippen molar-refractivity contribution in [2.75, 3.05) is 6.61 Å². The Morgan fingerprint density at radius 3 is 2.14 bits per heavy atom. The van der Waals surface area contributed by atoms with E-state index in [1.165, 1.54) is 0 Å². The van der Waals surface area contributed by atoms with Gasteiger partial charge in [-0.25, -0.2) is 9.59 Å². The number of carboxylic acid groups (broad SMARTS) is 1. The molecule has 3 aromatic rings. The maximum absolute atomic E-state index is 13.3. The molecule has 3 atom stereocenters. The van der Waals surface area contributed by atoms with Gasteiger partial charge in [-0.3, -0.25) is 4.79 Å². The molecule has 9 nitrogen and oxygen atoms in total. The largest absolute Gasteiger partial charge is 0.480 e. The third kappa shape index (κ3) is 7.74. The van der Waals surface area contributed by atoms with Crippen LogP contribution in [-0.2, 0) is 25.7 Å². The fourth-order valence-corrected chi connectivity index (χ4v) is 5.14. The minimum Gasteiger partial charge on any atom is -0.480 e. The highest BCUT2D eigenvalue weighted by atomic mass is 16.5. The number of unbranched alkanes of at least 4 members (excludes halogenated alkanes) is 2. The van der Waals surface area contributed by atoms with Crippen LogP contribution in [0.1, 0.15) is 55.2 Å². The van der Waals surface area contributed by atoms with E-state index in [4.69, 9.17) is 14.7 Å². The molecule has 3 aromatic carbocycles. The van der Waals surface area contributed by atoms with Crippen LogP contribution in [0.2, 0.25) is 0 Å². The zero-order valence-electron chi connectivity index (χ0n) is 23.5. The number of nitrogens with one attached hydrogen (secondary N) is 2. The van der Waals surface area contributed by atoms with Crippen molar-refractivity contribution >= 4 is 18.0 Å². The molecule has 0 saturated carbocycles. The number of fused-ring (bicyclic) bond motifs is 3. The molecule has 218 valence electrons. The molecular weight excluding hydrogens is 534 g/mol. The predicted octanol–water partition coefficient (Wildman–Crippen LogP) is 5.15. The molecule has 0 spiro atoms. The van der Waals surface area contributed by atoms with Crippen LogP contribution in [0.3, 0.4) is 0 Å². The molecule has 3 N–H and O–H groups in total. The van der Waals surface area contributed by atoms with Gasteiger partial charge >= 0.3 is 12.1 Å². The molecular formula is C33H35N3O6. The smallest absolute Gasteiger partial charge is 0.407 e. The minimum absolute atomic E-state index is 0.0741. The van der Waals surface area contributed by atoms with E-state index in [9.17, 15) is 19.5 Å². The second-order valence-corrected chi connectivity index (χ2v) is 10.3. The minimum atomic E-state index is -1.34. The van der Waals surface area contributed by atoms with E-state index in [-0.39, 0.29) is 25.6 Å². The zero-order chi connectivity index (χ0) is 29.9. The number of hydrogen-bond acceptors (Lipinski definition) is 6. The molecule has 0 saturated heterocycles. The van der Waals surface area contributed by atoms with Crippen molar-refractivity contribution in [2.24, 2.45) is 0 Å². The lowest BCUT2D eigenvalue weighted by Crippen LogP contribution is -2.55. The summed E-state index contributed by atoms with van der Waals surface area (Å²) in [5.74, 6) is -2.07. The van der Waals surface area contributed by atoms with Crippen molar-refractivity contribution in [3.05, 3.63) is 95.6 Å². The van der Waals surface area contributed by atoms with Crippen molar-refractivity contribution in [2.45, 2.75) is 63.3 Å². The van der Waals surface area contributed by atoms with Crippen molar-refractivity contribution in [3.63, 3.8) is 0 Å². The number of carboxylic acids is 1. The number of hydrogen-bond donors (Lipinski definition) is 3. The molecule has 0 radical (unpaired) electrons. The van der Waals surface area contributed by atoms with Crippen molar-refractivity contribution in [3.8, 4) is 17.2 Å². The highest BCUT2D eigenvalue weighted by Crippen LogP contribution is 2.44. The molecule has 42 heavy (non-hydrogen) atoms. The van der Waals surface area contributed by atoms with Gasteiger partial charge in [-0.2, -0.15) is 5.26 Å². The second-order valence-electron chi connectivity index (χ2n) is 10.3. The number of alkyl carbamates (subject to hydrolysis) is 1. The summed E-state index contributed by atoms with van der Waals surface area (Å²) in [6.07, 6.45) is -0.0958. The standard InChI is InChI=1S/C33H35N3O6/c1-22(41-20-23-12-4-2-5-13-23)30(32(38)39)36-31(37)29(18-6-3-11-19-34)35-33(40)42-21-28-26-16-9-7-14-24(26)25-15-8-10-17-27(25)28/h2,4-5,7-10,12-17,22,28-30H,3,6,11,18,20-21H2,1H3,(H,35,40)(H,36,37)(H,38,39)/t22-,29?,30+/m0/s1. The number of aliphatic carboxylic acids is 1. The molecule has 1 aliphatic rings. The summed E-state index contributed by atoms with van der Waals surface area (Å²) in [6.45, 7) is 1.82. The molecule has 1 unspecified atom stereocenters. The molecule has 0 fully saturated rings. The van der Waals surface area contributed by atoms with Gasteiger partial charge in [0.15, 0.2) is 6.04 Å². The first-order valence-electron chi connectivity index (χ1n) is 14.1. The van der Waals surface area contributed by atoms with E-state index in [0.717, 1.165) is 27.8 Å². The number of amides is 2. The average Bonchev–Trinajstić information content (AvgIpc) is 3.33. The lowest BCUT2D eigenvalue weighted by molar-refractivity contribution is -0.146. The molecule has 1 aliphatic carbocycles. The highest BCUT2D eigenvalue weighted by Gasteiger charge is 2.32. The summed E-state index contributed by atoms with van der Waals surface area (Å²) in [5.41, 5.74) is 5.18. The number of carbonyl (C=O) groups is 3. The topological polar surface area (TPSA) is 138 Å². The molecule has 0 bridgehead atoms. The number of benzene rings is 3. The number of rotatable bonds is 14. The Morgan fingerprint density at radius 2 is 1.52 bits per heavy atom. The second kappa shape index (κ2) is 14.8. The Hall–Kier alpha value is -4.68. The van der Waals surface area contributed by atoms with Crippen LogP contribution in [-0.4, -0.2) is 47.9 Å². The number of carbonyl (C=O) groups excluding carboxylic acids is 2. The van der Waals surface area contributed by atoms with Gasteiger partial charge in [-0.05, 0) is 54.0 Å². The molecule has 0 aliphatic heterocycles. The Morgan fingerprint density at radius 1 is 0.905 bits per heavy atom. The first-order chi connectivity index (χ1) is 20.4. The van der Waals surface area contributed by atoms with Crippen LogP contribution in [0.4, 0.5) is 4.79 Å². The fourth-order valence-electron chi connectivity index (χ4n) is 5.14. The van der Waals surface area contributed by atoms with Crippen LogP contribution in [0, 0.1) is 11.3 Å². The summed E-state index contributed by atoms with van der Waals surface area (Å²) in [7, 11) is 0. The molecule has 2 amide bonds. The average molecular weight is 570 g/mol. The van der Waals surface area contributed by atoms with Gasteiger partial charge in [-0.15, -0.1) is 0 Å². The predicted molar refractivity (Wildman–Crippen MR) is 156 cm³/mol. The summed E-state index contributed by atoms with van der Waals surface area (Å²) in [6, 6.07) is 24.9. The first-order valence-corrected chi connectivity index (χ1v) is 14.1. The first kappa shape index (κ1) is 30.3. The molecule has 9 heteroatoms. The number of nitrogens with zero attached hydrogens (tertiary/aromatic N) is 1. The van der Waals surface area contributed by atoms with Gasteiger partial charge in [0.1, 0.15) is 12.6 Å². The summed E-state index contributed by atoms with van der Waals surface area (Å²) in [5, 5.41) is 23.8. The molecule has 4 rings (SSSR count). The van der Waals surface area contributed by atoms with Crippen LogP contribution in [0.15, 0.2) is 78.9 Å². The van der Waals surface area contributed by atoms with Crippen molar-refractivity contribution in [1.29, 1.82) is 5.26 Å². The Labute approximate surface area is 245 Å². The third-order valence-corrected chi connectivity index (χ3v) is 7.37. The summed E-state index contributed by atoms with van der Waals surface area (Å²) < 4.78 is 11.3. The van der Waals surface area contributed by atoms with E-state index in [2.05, 4.69) is 16.7 Å². The maximum Gasteiger partial charge on any atom is 0.407 e. The summed E-state index contributed by atoms with van der Waals surface area (Å²) >= 11 is 0. The SMILES string of the molecule is C[C@H](OCc1ccccc1)[C@@H](NC(=O)C(CCCCC#N)NC(=O)OCC1c2ccccc2-c2ccccc21)C(=O)O. The van der Waals surface area contributed by atoms with Crippen molar-refractivity contribution < 1.29 is 29.0 Å². The quantitative estimate of drug-likeness (QED) is 0.228. The van der Waals surface area contributed by atoms with E-state index >= 15 is 0 Å². The number of ether oxygens (including phenoxy) is 2. The normalized spacial score (nSPS) is 14.0. The Bertz CT molecular complexity index is 1380. The maximum atomic E-state index is 13.3. The van der Waals surface area contributed by atoms with Gasteiger partial charge in [0.2, 0.25) is 5.91 Å². The van der Waals surface area contributed by atoms with Crippen LogP contribution in [0.5, 0.6) is 0 Å². The number of nitriles is 1. The molecule has 0 aromatic heterocycles. The van der Waals surface area contributed by atoms with Gasteiger partial charge < -0.3 is 25.2 Å². The van der Waals surface area contributed by atoms with Crippen molar-refractivity contribution in [1.82, 2.24) is 10.6 Å². The Balaban J connectivity index is 1.39. The van der Waals surface area contributed by atoms with E-state index < -0.39 is 36.2 Å². The van der Waals surface area contributed by atoms with E-state index in [1.807, 2.05) is 78.9 Å². The lowest BCUT2D eigenvalue weighted by Gasteiger charge is -2.25. The monoisotopic (exact) mass is 569 g/mol. The lowest BCUT2D eigenvalue weighted by atomic mass is 9.98. The van der Waals surface area contributed by atoms with Crippen LogP contribution in [0.25, 0.3) is 11.1 Å². The van der Waals surface area contributed by atoms with E-state index in [0.29, 0.717) is 19.3 Å². The van der Waals surface area contributed by atoms with Gasteiger partial charge in [-0.1, -0.05) is 78.9 Å². The van der Waals surface area contributed by atoms with Gasteiger partial charge in [0.25, 0.3) is 0 Å².